The molecule has 2 aromatic carbocycles. The lowest BCUT2D eigenvalue weighted by Crippen LogP contribution is -2.22. The predicted octanol–water partition coefficient (Wildman–Crippen LogP) is 2.94. The van der Waals surface area contributed by atoms with Gasteiger partial charge in [-0.3, -0.25) is 14.4 Å². The standard InChI is InChI=1S/C20H16ClN3O5S/c1-30(28,29)14-5-2-4-12(10-14)18(25)24-17-8-7-13(11-16(17)21)23-20(27)15-6-3-9-22-19(15)26/h2-11H,1H3,(H,22,26)(H,23,27)(H,24,25). The monoisotopic (exact) mass is 445 g/mol. The van der Waals surface area contributed by atoms with Crippen LogP contribution in [0, 0.1) is 0 Å². The zero-order valence-corrected chi connectivity index (χ0v) is 17.2. The first-order valence-corrected chi connectivity index (χ1v) is 10.8. The van der Waals surface area contributed by atoms with E-state index in [1.807, 2.05) is 0 Å². The number of sulfone groups is 1. The van der Waals surface area contributed by atoms with Crippen LogP contribution in [0.2, 0.25) is 5.02 Å². The Morgan fingerprint density at radius 2 is 1.73 bits per heavy atom. The van der Waals surface area contributed by atoms with Crippen LogP contribution in [0.5, 0.6) is 0 Å². The van der Waals surface area contributed by atoms with Gasteiger partial charge in [0.15, 0.2) is 9.84 Å². The molecule has 3 aromatic rings. The SMILES string of the molecule is CS(=O)(=O)c1cccc(C(=O)Nc2ccc(NC(=O)c3ccc[nH]c3=O)cc2Cl)c1. The second-order valence-electron chi connectivity index (χ2n) is 6.32. The summed E-state index contributed by atoms with van der Waals surface area (Å²) in [4.78, 5) is 38.8. The maximum Gasteiger partial charge on any atom is 0.261 e. The van der Waals surface area contributed by atoms with Crippen LogP contribution >= 0.6 is 11.6 Å². The number of pyridine rings is 1. The fourth-order valence-corrected chi connectivity index (χ4v) is 3.45. The fourth-order valence-electron chi connectivity index (χ4n) is 2.56. The van der Waals surface area contributed by atoms with Crippen LogP contribution in [0.15, 0.2) is 70.5 Å². The van der Waals surface area contributed by atoms with E-state index < -0.39 is 27.2 Å². The van der Waals surface area contributed by atoms with E-state index in [1.54, 1.807) is 0 Å². The van der Waals surface area contributed by atoms with Crippen LogP contribution in [0.1, 0.15) is 20.7 Å². The maximum atomic E-state index is 12.5. The summed E-state index contributed by atoms with van der Waals surface area (Å²) in [6.07, 6.45) is 2.47. The van der Waals surface area contributed by atoms with Gasteiger partial charge in [0.25, 0.3) is 17.4 Å². The van der Waals surface area contributed by atoms with E-state index in [-0.39, 0.29) is 26.7 Å². The number of amides is 2. The van der Waals surface area contributed by atoms with Gasteiger partial charge in [-0.1, -0.05) is 17.7 Å². The lowest BCUT2D eigenvalue weighted by molar-refractivity contribution is 0.101. The normalized spacial score (nSPS) is 11.0. The molecular weight excluding hydrogens is 430 g/mol. The molecule has 0 unspecified atom stereocenters. The van der Waals surface area contributed by atoms with E-state index >= 15 is 0 Å². The molecule has 3 N–H and O–H groups in total. The number of aromatic nitrogens is 1. The molecule has 2 amide bonds. The molecule has 154 valence electrons. The number of benzene rings is 2. The molecule has 0 saturated heterocycles. The molecule has 0 atom stereocenters. The summed E-state index contributed by atoms with van der Waals surface area (Å²) in [6.45, 7) is 0. The average molecular weight is 446 g/mol. The quantitative estimate of drug-likeness (QED) is 0.556. The Morgan fingerprint density at radius 3 is 2.40 bits per heavy atom. The molecule has 0 spiro atoms. The Labute approximate surface area is 176 Å². The van der Waals surface area contributed by atoms with Crippen LogP contribution < -0.4 is 16.2 Å². The van der Waals surface area contributed by atoms with Crippen molar-refractivity contribution in [1.29, 1.82) is 0 Å². The molecule has 10 heteroatoms. The number of aromatic amines is 1. The van der Waals surface area contributed by atoms with Crippen LogP contribution in [-0.4, -0.2) is 31.5 Å². The molecule has 0 fully saturated rings. The minimum absolute atomic E-state index is 0.0233. The highest BCUT2D eigenvalue weighted by atomic mass is 35.5. The minimum atomic E-state index is -3.45. The highest BCUT2D eigenvalue weighted by molar-refractivity contribution is 7.90. The van der Waals surface area contributed by atoms with Gasteiger partial charge in [-0.25, -0.2) is 8.42 Å². The molecular formula is C20H16ClN3O5S. The van der Waals surface area contributed by atoms with Crippen molar-refractivity contribution in [3.63, 3.8) is 0 Å². The van der Waals surface area contributed by atoms with Gasteiger partial charge >= 0.3 is 0 Å². The first-order chi connectivity index (χ1) is 14.1. The topological polar surface area (TPSA) is 125 Å². The third-order valence-corrected chi connectivity index (χ3v) is 5.49. The summed E-state index contributed by atoms with van der Waals surface area (Å²) in [5, 5.41) is 5.29. The van der Waals surface area contributed by atoms with Gasteiger partial charge in [-0.05, 0) is 48.5 Å². The number of anilines is 2. The van der Waals surface area contributed by atoms with Crippen molar-refractivity contribution in [2.75, 3.05) is 16.9 Å². The largest absolute Gasteiger partial charge is 0.328 e. The minimum Gasteiger partial charge on any atom is -0.328 e. The smallest absolute Gasteiger partial charge is 0.261 e. The van der Waals surface area contributed by atoms with E-state index in [1.165, 1.54) is 60.8 Å². The number of rotatable bonds is 5. The number of halogens is 1. The maximum absolute atomic E-state index is 12.5. The Bertz CT molecular complexity index is 1300. The van der Waals surface area contributed by atoms with Gasteiger partial charge in [0, 0.05) is 23.7 Å². The molecule has 0 bridgehead atoms. The number of carbonyl (C=O) groups is 2. The summed E-state index contributed by atoms with van der Waals surface area (Å²) < 4.78 is 23.3. The Kier molecular flexibility index (Phi) is 6.04. The molecule has 1 aromatic heterocycles. The van der Waals surface area contributed by atoms with Gasteiger partial charge in [-0.15, -0.1) is 0 Å². The molecule has 1 heterocycles. The van der Waals surface area contributed by atoms with E-state index in [4.69, 9.17) is 11.6 Å². The Hall–Kier alpha value is -3.43. The Morgan fingerprint density at radius 1 is 0.967 bits per heavy atom. The zero-order valence-electron chi connectivity index (χ0n) is 15.6. The first kappa shape index (κ1) is 21.3. The van der Waals surface area contributed by atoms with E-state index in [9.17, 15) is 22.8 Å². The van der Waals surface area contributed by atoms with Gasteiger partial charge in [0.1, 0.15) is 5.56 Å². The van der Waals surface area contributed by atoms with Crippen molar-refractivity contribution in [3.05, 3.63) is 87.3 Å². The molecule has 0 radical (unpaired) electrons. The van der Waals surface area contributed by atoms with Crippen molar-refractivity contribution < 1.29 is 18.0 Å². The van der Waals surface area contributed by atoms with Crippen LogP contribution in [0.3, 0.4) is 0 Å². The molecule has 0 aliphatic heterocycles. The van der Waals surface area contributed by atoms with Crippen molar-refractivity contribution in [1.82, 2.24) is 4.98 Å². The first-order valence-electron chi connectivity index (χ1n) is 8.55. The highest BCUT2D eigenvalue weighted by Gasteiger charge is 2.14. The second-order valence-corrected chi connectivity index (χ2v) is 8.74. The molecule has 8 nitrogen and oxygen atoms in total. The molecule has 0 saturated carbocycles. The number of carbonyl (C=O) groups excluding carboxylic acids is 2. The van der Waals surface area contributed by atoms with Gasteiger partial charge in [0.2, 0.25) is 0 Å². The zero-order chi connectivity index (χ0) is 21.9. The molecule has 3 rings (SSSR count). The van der Waals surface area contributed by atoms with Gasteiger partial charge < -0.3 is 15.6 Å². The summed E-state index contributed by atoms with van der Waals surface area (Å²) in [5.74, 6) is -1.16. The van der Waals surface area contributed by atoms with Crippen molar-refractivity contribution in [2.45, 2.75) is 4.90 Å². The van der Waals surface area contributed by atoms with Gasteiger partial charge in [0.05, 0.1) is 15.6 Å². The molecule has 30 heavy (non-hydrogen) atoms. The third kappa shape index (κ3) is 4.94. The summed E-state index contributed by atoms with van der Waals surface area (Å²) in [7, 11) is -3.45. The van der Waals surface area contributed by atoms with E-state index in [0.29, 0.717) is 5.69 Å². The summed E-state index contributed by atoms with van der Waals surface area (Å²) in [6, 6.07) is 12.9. The molecule has 0 aliphatic rings. The third-order valence-electron chi connectivity index (χ3n) is 4.06. The second kappa shape index (κ2) is 8.52. The van der Waals surface area contributed by atoms with E-state index in [0.717, 1.165) is 6.26 Å². The highest BCUT2D eigenvalue weighted by Crippen LogP contribution is 2.26. The van der Waals surface area contributed by atoms with Crippen LogP contribution in [-0.2, 0) is 9.84 Å². The predicted molar refractivity (Wildman–Crippen MR) is 114 cm³/mol. The lowest BCUT2D eigenvalue weighted by atomic mass is 10.2. The Balaban J connectivity index is 1.76. The lowest BCUT2D eigenvalue weighted by Gasteiger charge is -2.10. The number of nitrogens with one attached hydrogen (secondary N) is 3. The molecule has 0 aliphatic carbocycles. The average Bonchev–Trinajstić information content (AvgIpc) is 2.69. The van der Waals surface area contributed by atoms with Crippen LogP contribution in [0.25, 0.3) is 0 Å². The van der Waals surface area contributed by atoms with Crippen molar-refractivity contribution >= 4 is 44.6 Å². The fraction of sp³-hybridized carbons (Fsp3) is 0.0500. The summed E-state index contributed by atoms with van der Waals surface area (Å²) in [5.41, 5.74) is 0.153. The number of H-pyrrole nitrogens is 1. The summed E-state index contributed by atoms with van der Waals surface area (Å²) >= 11 is 6.20. The number of hydrogen-bond acceptors (Lipinski definition) is 5. The van der Waals surface area contributed by atoms with Gasteiger partial charge in [-0.2, -0.15) is 0 Å². The van der Waals surface area contributed by atoms with Crippen molar-refractivity contribution in [2.24, 2.45) is 0 Å². The van der Waals surface area contributed by atoms with Crippen LogP contribution in [0.4, 0.5) is 11.4 Å². The van der Waals surface area contributed by atoms with E-state index in [2.05, 4.69) is 15.6 Å². The number of hydrogen-bond donors (Lipinski definition) is 3. The van der Waals surface area contributed by atoms with Crippen molar-refractivity contribution in [3.8, 4) is 0 Å².